The molecule has 0 bridgehead atoms. The van der Waals surface area contributed by atoms with Crippen molar-refractivity contribution in [2.45, 2.75) is 20.3 Å². The topological polar surface area (TPSA) is 0 Å². The summed E-state index contributed by atoms with van der Waals surface area (Å²) in [6.45, 7) is 5.19. The molecule has 0 aliphatic heterocycles. The monoisotopic (exact) mass is 537 g/mol. The third-order valence-electron chi connectivity index (χ3n) is 4.98. The summed E-state index contributed by atoms with van der Waals surface area (Å²) in [6, 6.07) is 18.1. The summed E-state index contributed by atoms with van der Waals surface area (Å²) in [5.74, 6) is -0.615. The Morgan fingerprint density at radius 2 is 1.12 bits per heavy atom. The van der Waals surface area contributed by atoms with Crippen molar-refractivity contribution in [1.82, 2.24) is 0 Å². The summed E-state index contributed by atoms with van der Waals surface area (Å²) in [6.07, 6.45) is 9.84. The van der Waals surface area contributed by atoms with E-state index in [1.54, 1.807) is 11.1 Å². The fourth-order valence-electron chi connectivity index (χ4n) is 3.99. The van der Waals surface area contributed by atoms with Crippen LogP contribution in [0, 0.1) is 0 Å². The number of allylic oxidation sites excluding steroid dienone is 2. The van der Waals surface area contributed by atoms with Gasteiger partial charge < -0.3 is 34.0 Å². The molecule has 0 radical (unpaired) electrons. The predicted octanol–water partition coefficient (Wildman–Crippen LogP) is -0.868. The van der Waals surface area contributed by atoms with E-state index in [1.165, 1.54) is 11.1 Å². The normalized spacial score (nSPS) is 19.5. The molecule has 0 nitrogen and oxygen atoms in total. The molecule has 123 valence electrons. The quantitative estimate of drug-likeness (QED) is 0.445. The Morgan fingerprint density at radius 3 is 1.54 bits per heavy atom. The fraction of sp³-hybridized carbons (Fsp3) is 0.200. The van der Waals surface area contributed by atoms with Crippen LogP contribution in [0.5, 0.6) is 0 Å². The van der Waals surface area contributed by atoms with Gasteiger partial charge in [-0.15, -0.1) is 0 Å². The first-order chi connectivity index (χ1) is 10.8. The van der Waals surface area contributed by atoms with Crippen molar-refractivity contribution in [3.8, 4) is 0 Å². The van der Waals surface area contributed by atoms with Crippen LogP contribution in [0.2, 0.25) is 13.1 Å². The van der Waals surface area contributed by atoms with E-state index in [0.717, 1.165) is 7.25 Å². The van der Waals surface area contributed by atoms with Crippen molar-refractivity contribution in [2.75, 3.05) is 0 Å². The van der Waals surface area contributed by atoms with Crippen LogP contribution in [-0.4, -0.2) is 5.92 Å². The van der Waals surface area contributed by atoms with Gasteiger partial charge in [-0.3, -0.25) is 0 Å². The molecule has 0 amide bonds. The van der Waals surface area contributed by atoms with E-state index in [2.05, 4.69) is 85.9 Å². The van der Waals surface area contributed by atoms with E-state index in [1.807, 2.05) is 0 Å². The van der Waals surface area contributed by atoms with Gasteiger partial charge in [-0.25, -0.2) is 0 Å². The maximum absolute atomic E-state index is 2.60. The minimum Gasteiger partial charge on any atom is -1.00 e. The molecule has 2 aromatic rings. The summed E-state index contributed by atoms with van der Waals surface area (Å²) in [5.41, 5.74) is 6.18. The first-order valence-electron chi connectivity index (χ1n) is 8.16. The van der Waals surface area contributed by atoms with Gasteiger partial charge in [0.15, 0.2) is 0 Å². The SMILES string of the molecule is C[SiH](C)[Zr+2]([CH]1C=Cc2ccccc21)[CH]1C=Cc2ccccc21.[Br-].[Br-]. The van der Waals surface area contributed by atoms with E-state index < -0.39 is 26.8 Å². The third kappa shape index (κ3) is 3.58. The van der Waals surface area contributed by atoms with E-state index in [0.29, 0.717) is 0 Å². The number of halogens is 2. The number of benzene rings is 2. The molecular weight excluding hydrogens is 519 g/mol. The third-order valence-corrected chi connectivity index (χ3v) is 26.4. The Labute approximate surface area is 174 Å². The van der Waals surface area contributed by atoms with Crippen molar-refractivity contribution < 1.29 is 54.9 Å². The molecule has 0 aromatic heterocycles. The van der Waals surface area contributed by atoms with Crippen molar-refractivity contribution in [3.63, 3.8) is 0 Å². The zero-order chi connectivity index (χ0) is 15.1. The molecule has 24 heavy (non-hydrogen) atoms. The number of fused-ring (bicyclic) bond motifs is 2. The zero-order valence-electron chi connectivity index (χ0n) is 13.9. The molecule has 0 N–H and O–H groups in total. The second-order valence-corrected chi connectivity index (χ2v) is 26.9. The van der Waals surface area contributed by atoms with Gasteiger partial charge in [-0.1, -0.05) is 0 Å². The summed E-state index contributed by atoms with van der Waals surface area (Å²) < 4.78 is 1.57. The largest absolute Gasteiger partial charge is 1.00 e. The molecule has 4 heteroatoms. The number of hydrogen-bond acceptors (Lipinski definition) is 0. The average Bonchev–Trinajstić information content (AvgIpc) is 3.13. The summed E-state index contributed by atoms with van der Waals surface area (Å²) in [4.78, 5) is 0. The summed E-state index contributed by atoms with van der Waals surface area (Å²) in [5, 5.41) is 0. The van der Waals surface area contributed by atoms with E-state index in [9.17, 15) is 0 Å². The van der Waals surface area contributed by atoms with Gasteiger partial charge in [0.2, 0.25) is 0 Å². The van der Waals surface area contributed by atoms with E-state index in [-0.39, 0.29) is 34.0 Å². The predicted molar refractivity (Wildman–Crippen MR) is 95.3 cm³/mol. The molecule has 0 saturated carbocycles. The van der Waals surface area contributed by atoms with Crippen LogP contribution in [0.15, 0.2) is 60.7 Å². The Kier molecular flexibility index (Phi) is 7.25. The van der Waals surface area contributed by atoms with Gasteiger partial charge in [0.1, 0.15) is 0 Å². The van der Waals surface area contributed by atoms with Crippen molar-refractivity contribution in [3.05, 3.63) is 82.9 Å². The minimum absolute atomic E-state index is 0. The average molecular weight is 541 g/mol. The Hall–Kier alpha value is -0.0200. The first kappa shape index (κ1) is 20.3. The summed E-state index contributed by atoms with van der Waals surface area (Å²) >= 11 is -1.62. The van der Waals surface area contributed by atoms with Crippen LogP contribution in [0.1, 0.15) is 29.5 Å². The van der Waals surface area contributed by atoms with Gasteiger partial charge in [-0.2, -0.15) is 0 Å². The van der Waals surface area contributed by atoms with Gasteiger partial charge in [-0.05, 0) is 0 Å². The second kappa shape index (κ2) is 8.58. The van der Waals surface area contributed by atoms with Crippen LogP contribution in [-0.2, 0) is 20.9 Å². The van der Waals surface area contributed by atoms with E-state index >= 15 is 0 Å². The maximum atomic E-state index is 2.60. The Bertz CT molecular complexity index is 708. The first-order valence-corrected chi connectivity index (χ1v) is 18.1. The minimum atomic E-state index is -1.62. The van der Waals surface area contributed by atoms with Crippen LogP contribution < -0.4 is 34.0 Å². The van der Waals surface area contributed by atoms with Crippen molar-refractivity contribution in [1.29, 1.82) is 0 Å². The maximum Gasteiger partial charge on any atom is -1.00 e. The molecule has 4 rings (SSSR count). The van der Waals surface area contributed by atoms with Crippen LogP contribution >= 0.6 is 0 Å². The zero-order valence-corrected chi connectivity index (χ0v) is 20.7. The molecule has 0 heterocycles. The molecule has 0 spiro atoms. The standard InChI is InChI=1S/2C9H7.C2H7Si.2BrH.Zr/c2*1-2-5-9-7-3-6-8(9)4-1;1-3-2;;;/h2*1-7H;3H,1-2H3;2*1H;/q;;;;;+2/p-2. The molecule has 2 unspecified atom stereocenters. The van der Waals surface area contributed by atoms with Crippen LogP contribution in [0.3, 0.4) is 0 Å². The fourth-order valence-corrected chi connectivity index (χ4v) is 25.0. The molecule has 0 saturated heterocycles. The van der Waals surface area contributed by atoms with Gasteiger partial charge in [0.05, 0.1) is 0 Å². The smallest absolute Gasteiger partial charge is 1.00 e. The number of hydrogen-bond donors (Lipinski definition) is 0. The molecule has 2 aliphatic rings. The Morgan fingerprint density at radius 1 is 0.708 bits per heavy atom. The van der Waals surface area contributed by atoms with Crippen molar-refractivity contribution in [2.24, 2.45) is 0 Å². The van der Waals surface area contributed by atoms with Gasteiger partial charge in [0, 0.05) is 0 Å². The Balaban J connectivity index is 0.00000104. The second-order valence-electron chi connectivity index (χ2n) is 6.59. The van der Waals surface area contributed by atoms with Crippen molar-refractivity contribution >= 4 is 18.1 Å². The number of rotatable bonds is 3. The van der Waals surface area contributed by atoms with E-state index in [4.69, 9.17) is 0 Å². The molecule has 2 aromatic carbocycles. The molecule has 2 aliphatic carbocycles. The molecular formula is C20H21Br2SiZr. The van der Waals surface area contributed by atoms with Crippen LogP contribution in [0.25, 0.3) is 12.2 Å². The summed E-state index contributed by atoms with van der Waals surface area (Å²) in [7, 11) is 0. The van der Waals surface area contributed by atoms with Gasteiger partial charge in [0.25, 0.3) is 0 Å². The van der Waals surface area contributed by atoms with Gasteiger partial charge >= 0.3 is 142 Å². The van der Waals surface area contributed by atoms with Crippen LogP contribution in [0.4, 0.5) is 0 Å². The molecule has 0 fully saturated rings. The molecule has 2 atom stereocenters.